The number of amides is 1. The van der Waals surface area contributed by atoms with Crippen molar-refractivity contribution in [2.24, 2.45) is 11.3 Å². The van der Waals surface area contributed by atoms with Gasteiger partial charge in [-0.25, -0.2) is 0 Å². The first-order valence-corrected chi connectivity index (χ1v) is 5.38. The molecule has 0 saturated heterocycles. The van der Waals surface area contributed by atoms with Gasteiger partial charge in [0.25, 0.3) is 0 Å². The maximum atomic E-state index is 11.8. The van der Waals surface area contributed by atoms with E-state index in [0.717, 1.165) is 25.9 Å². The smallest absolute Gasteiger partial charge is 0.225 e. The van der Waals surface area contributed by atoms with Crippen molar-refractivity contribution in [3.63, 3.8) is 0 Å². The van der Waals surface area contributed by atoms with Crippen LogP contribution in [0.4, 0.5) is 0 Å². The fourth-order valence-electron chi connectivity index (χ4n) is 1.76. The minimum absolute atomic E-state index is 0.258. The summed E-state index contributed by atoms with van der Waals surface area (Å²) < 4.78 is 0. The standard InChI is InChI=1S/C11H22N2O/c1-11(2)8-9(11)10(14)13(4)7-5-6-12-3/h9,12H,5-8H2,1-4H3. The van der Waals surface area contributed by atoms with Gasteiger partial charge >= 0.3 is 0 Å². The van der Waals surface area contributed by atoms with Crippen molar-refractivity contribution in [1.29, 1.82) is 0 Å². The Kier molecular flexibility index (Phi) is 3.53. The van der Waals surface area contributed by atoms with E-state index in [4.69, 9.17) is 0 Å². The van der Waals surface area contributed by atoms with E-state index in [-0.39, 0.29) is 11.3 Å². The zero-order valence-electron chi connectivity index (χ0n) is 9.76. The Labute approximate surface area is 86.9 Å². The second-order valence-electron chi connectivity index (χ2n) is 4.96. The molecule has 0 aromatic carbocycles. The van der Waals surface area contributed by atoms with Gasteiger partial charge in [-0.3, -0.25) is 4.79 Å². The first-order valence-electron chi connectivity index (χ1n) is 5.38. The third-order valence-corrected chi connectivity index (χ3v) is 3.11. The number of rotatable bonds is 5. The van der Waals surface area contributed by atoms with Crippen LogP contribution in [0.15, 0.2) is 0 Å². The third kappa shape index (κ3) is 2.71. The Hall–Kier alpha value is -0.570. The minimum atomic E-state index is 0.258. The van der Waals surface area contributed by atoms with E-state index in [9.17, 15) is 4.79 Å². The summed E-state index contributed by atoms with van der Waals surface area (Å²) in [6.07, 6.45) is 2.09. The van der Waals surface area contributed by atoms with Gasteiger partial charge in [-0.2, -0.15) is 0 Å². The number of hydrogen-bond acceptors (Lipinski definition) is 2. The SMILES string of the molecule is CNCCCN(C)C(=O)C1CC1(C)C. The molecule has 82 valence electrons. The van der Waals surface area contributed by atoms with Crippen LogP contribution in [0.25, 0.3) is 0 Å². The van der Waals surface area contributed by atoms with Crippen LogP contribution in [0.1, 0.15) is 26.7 Å². The minimum Gasteiger partial charge on any atom is -0.345 e. The fraction of sp³-hybridized carbons (Fsp3) is 0.909. The van der Waals surface area contributed by atoms with Crippen LogP contribution in [0.5, 0.6) is 0 Å². The molecule has 0 radical (unpaired) electrons. The predicted octanol–water partition coefficient (Wildman–Crippen LogP) is 1.10. The van der Waals surface area contributed by atoms with Gasteiger partial charge in [0, 0.05) is 19.5 Å². The zero-order valence-corrected chi connectivity index (χ0v) is 9.76. The molecule has 0 spiro atoms. The summed E-state index contributed by atoms with van der Waals surface area (Å²) in [6.45, 7) is 6.17. The molecular weight excluding hydrogens is 176 g/mol. The molecule has 1 saturated carbocycles. The lowest BCUT2D eigenvalue weighted by atomic mass is 10.1. The van der Waals surface area contributed by atoms with E-state index >= 15 is 0 Å². The molecule has 3 nitrogen and oxygen atoms in total. The molecule has 3 heteroatoms. The topological polar surface area (TPSA) is 32.3 Å². The average Bonchev–Trinajstić information content (AvgIpc) is 2.74. The molecule has 1 amide bonds. The monoisotopic (exact) mass is 198 g/mol. The highest BCUT2D eigenvalue weighted by atomic mass is 16.2. The zero-order chi connectivity index (χ0) is 10.8. The highest BCUT2D eigenvalue weighted by molar-refractivity contribution is 5.82. The van der Waals surface area contributed by atoms with Crippen molar-refractivity contribution in [3.8, 4) is 0 Å². The van der Waals surface area contributed by atoms with Crippen LogP contribution in [0, 0.1) is 11.3 Å². The first-order chi connectivity index (χ1) is 6.49. The highest BCUT2D eigenvalue weighted by Gasteiger charge is 2.51. The van der Waals surface area contributed by atoms with Gasteiger partial charge < -0.3 is 10.2 Å². The molecule has 1 N–H and O–H groups in total. The molecule has 0 bridgehead atoms. The van der Waals surface area contributed by atoms with Crippen molar-refractivity contribution >= 4 is 5.91 Å². The van der Waals surface area contributed by atoms with E-state index in [1.807, 2.05) is 19.0 Å². The van der Waals surface area contributed by atoms with E-state index in [1.165, 1.54) is 0 Å². The van der Waals surface area contributed by atoms with Gasteiger partial charge in [-0.1, -0.05) is 13.8 Å². The Morgan fingerprint density at radius 3 is 2.57 bits per heavy atom. The first kappa shape index (κ1) is 11.5. The molecule has 1 rings (SSSR count). The van der Waals surface area contributed by atoms with Crippen LogP contribution in [0.3, 0.4) is 0 Å². The molecule has 0 aromatic heterocycles. The van der Waals surface area contributed by atoms with Gasteiger partial charge in [0.15, 0.2) is 0 Å². The number of carbonyl (C=O) groups excluding carboxylic acids is 1. The number of hydrogen-bond donors (Lipinski definition) is 1. The molecular formula is C11H22N2O. The fourth-order valence-corrected chi connectivity index (χ4v) is 1.76. The highest BCUT2D eigenvalue weighted by Crippen LogP contribution is 2.52. The second kappa shape index (κ2) is 4.30. The maximum absolute atomic E-state index is 11.8. The number of carbonyl (C=O) groups is 1. The summed E-state index contributed by atoms with van der Waals surface area (Å²) in [5, 5.41) is 3.09. The molecule has 1 aliphatic rings. The van der Waals surface area contributed by atoms with Gasteiger partial charge in [0.05, 0.1) is 0 Å². The van der Waals surface area contributed by atoms with Gasteiger partial charge in [-0.15, -0.1) is 0 Å². The summed E-state index contributed by atoms with van der Waals surface area (Å²) in [6, 6.07) is 0. The summed E-state index contributed by atoms with van der Waals surface area (Å²) in [7, 11) is 3.85. The second-order valence-corrected chi connectivity index (χ2v) is 4.96. The van der Waals surface area contributed by atoms with E-state index < -0.39 is 0 Å². The molecule has 0 aliphatic heterocycles. The molecule has 1 fully saturated rings. The van der Waals surface area contributed by atoms with E-state index in [1.54, 1.807) is 0 Å². The van der Waals surface area contributed by atoms with Crippen molar-refractivity contribution in [1.82, 2.24) is 10.2 Å². The Morgan fingerprint density at radius 1 is 1.57 bits per heavy atom. The van der Waals surface area contributed by atoms with Crippen molar-refractivity contribution in [3.05, 3.63) is 0 Å². The van der Waals surface area contributed by atoms with Gasteiger partial charge in [0.1, 0.15) is 0 Å². The maximum Gasteiger partial charge on any atom is 0.225 e. The lowest BCUT2D eigenvalue weighted by Gasteiger charge is -2.17. The average molecular weight is 198 g/mol. The largest absolute Gasteiger partial charge is 0.345 e. The van der Waals surface area contributed by atoms with Gasteiger partial charge in [-0.05, 0) is 31.8 Å². The quantitative estimate of drug-likeness (QED) is 0.671. The normalized spacial score (nSPS) is 23.3. The van der Waals surface area contributed by atoms with Gasteiger partial charge in [0.2, 0.25) is 5.91 Å². The summed E-state index contributed by atoms with van der Waals surface area (Å²) in [5.74, 6) is 0.605. The Morgan fingerprint density at radius 2 is 2.14 bits per heavy atom. The van der Waals surface area contributed by atoms with Crippen molar-refractivity contribution in [2.45, 2.75) is 26.7 Å². The van der Waals surface area contributed by atoms with E-state index in [0.29, 0.717) is 5.91 Å². The lowest BCUT2D eigenvalue weighted by Crippen LogP contribution is -2.31. The molecule has 1 aliphatic carbocycles. The van der Waals surface area contributed by atoms with Crippen LogP contribution in [-0.4, -0.2) is 38.0 Å². The predicted molar refractivity (Wildman–Crippen MR) is 58.1 cm³/mol. The van der Waals surface area contributed by atoms with E-state index in [2.05, 4.69) is 19.2 Å². The van der Waals surface area contributed by atoms with Crippen LogP contribution in [-0.2, 0) is 4.79 Å². The molecule has 0 aromatic rings. The molecule has 14 heavy (non-hydrogen) atoms. The molecule has 1 atom stereocenters. The van der Waals surface area contributed by atoms with Crippen molar-refractivity contribution in [2.75, 3.05) is 27.2 Å². The number of nitrogens with zero attached hydrogens (tertiary/aromatic N) is 1. The molecule has 1 unspecified atom stereocenters. The summed E-state index contributed by atoms with van der Waals surface area (Å²) in [4.78, 5) is 13.7. The lowest BCUT2D eigenvalue weighted by molar-refractivity contribution is -0.132. The number of nitrogens with one attached hydrogen (secondary N) is 1. The summed E-state index contributed by atoms with van der Waals surface area (Å²) >= 11 is 0. The Balaban J connectivity index is 2.24. The van der Waals surface area contributed by atoms with Crippen LogP contribution in [0.2, 0.25) is 0 Å². The third-order valence-electron chi connectivity index (χ3n) is 3.11. The Bertz CT molecular complexity index is 213. The summed E-state index contributed by atoms with van der Waals surface area (Å²) in [5.41, 5.74) is 0.258. The van der Waals surface area contributed by atoms with Crippen LogP contribution < -0.4 is 5.32 Å². The van der Waals surface area contributed by atoms with Crippen molar-refractivity contribution < 1.29 is 4.79 Å². The van der Waals surface area contributed by atoms with Crippen LogP contribution >= 0.6 is 0 Å². The molecule has 0 heterocycles.